The Bertz CT molecular complexity index is 449. The quantitative estimate of drug-likeness (QED) is 0.206. The van der Waals surface area contributed by atoms with Gasteiger partial charge < -0.3 is 15.3 Å². The van der Waals surface area contributed by atoms with Gasteiger partial charge >= 0.3 is 5.97 Å². The molecule has 0 aliphatic rings. The van der Waals surface area contributed by atoms with E-state index < -0.39 is 12.1 Å². The number of hydrogen-bond acceptors (Lipinski definition) is 3. The van der Waals surface area contributed by atoms with Crippen LogP contribution < -0.4 is 0 Å². The second-order valence-electron chi connectivity index (χ2n) is 6.56. The molecule has 4 nitrogen and oxygen atoms in total. The number of carboxylic acids is 1. The number of carbonyl (C=O) groups is 1. The van der Waals surface area contributed by atoms with Gasteiger partial charge in [-0.3, -0.25) is 0 Å². The molecule has 0 aromatic rings. The Morgan fingerprint density at radius 1 is 0.769 bits per heavy atom. The molecular weight excluding hydrogens is 328 g/mol. The molecule has 0 aliphatic carbocycles. The number of aliphatic hydroxyl groups is 2. The van der Waals surface area contributed by atoms with Gasteiger partial charge in [-0.05, 0) is 19.3 Å². The molecule has 0 amide bonds. The van der Waals surface area contributed by atoms with Crippen molar-refractivity contribution in [3.63, 3.8) is 0 Å². The Balaban J connectivity index is 3.61. The summed E-state index contributed by atoms with van der Waals surface area (Å²) in [5, 5.41) is 28.1. The largest absolute Gasteiger partial charge is 0.478 e. The minimum atomic E-state index is -0.968. The zero-order chi connectivity index (χ0) is 19.5. The van der Waals surface area contributed by atoms with Crippen LogP contribution >= 0.6 is 0 Å². The van der Waals surface area contributed by atoms with Crippen LogP contribution in [0, 0.1) is 0 Å². The van der Waals surface area contributed by atoms with E-state index in [1.807, 2.05) is 0 Å². The first kappa shape index (κ1) is 24.4. The second kappa shape index (κ2) is 18.2. The molecular formula is C22H36O4. The van der Waals surface area contributed by atoms with Crippen molar-refractivity contribution < 1.29 is 20.1 Å². The summed E-state index contributed by atoms with van der Waals surface area (Å²) in [6.45, 7) is 2.17. The predicted octanol–water partition coefficient (Wildman–Crippen LogP) is 4.94. The van der Waals surface area contributed by atoms with Gasteiger partial charge in [0.05, 0.1) is 12.2 Å². The first-order valence-corrected chi connectivity index (χ1v) is 9.83. The van der Waals surface area contributed by atoms with E-state index in [9.17, 15) is 15.0 Å². The van der Waals surface area contributed by atoms with E-state index in [-0.39, 0.29) is 6.10 Å². The van der Waals surface area contributed by atoms with Gasteiger partial charge in [-0.1, -0.05) is 94.4 Å². The SMILES string of the molecule is CCCCCC(O)CCCCCCC(O)C=CC=CC=CC=CC(=O)O. The molecule has 0 aromatic carbocycles. The predicted molar refractivity (Wildman–Crippen MR) is 108 cm³/mol. The molecule has 2 unspecified atom stereocenters. The van der Waals surface area contributed by atoms with Gasteiger partial charge in [0.1, 0.15) is 0 Å². The van der Waals surface area contributed by atoms with Crippen molar-refractivity contribution in [2.75, 3.05) is 0 Å². The molecule has 4 heteroatoms. The number of aliphatic hydroxyl groups excluding tert-OH is 2. The number of unbranched alkanes of at least 4 members (excludes halogenated alkanes) is 5. The molecule has 0 radical (unpaired) electrons. The molecule has 0 heterocycles. The van der Waals surface area contributed by atoms with Gasteiger partial charge in [-0.25, -0.2) is 4.79 Å². The Morgan fingerprint density at radius 2 is 1.31 bits per heavy atom. The highest BCUT2D eigenvalue weighted by Gasteiger charge is 2.03. The van der Waals surface area contributed by atoms with Crippen LogP contribution in [0.1, 0.15) is 71.1 Å². The first-order chi connectivity index (χ1) is 12.6. The Labute approximate surface area is 158 Å². The maximum absolute atomic E-state index is 10.2. The van der Waals surface area contributed by atoms with Crippen LogP contribution in [-0.2, 0) is 4.79 Å². The molecule has 0 fully saturated rings. The van der Waals surface area contributed by atoms with E-state index in [1.54, 1.807) is 36.5 Å². The van der Waals surface area contributed by atoms with E-state index in [1.165, 1.54) is 18.9 Å². The van der Waals surface area contributed by atoms with E-state index in [2.05, 4.69) is 6.92 Å². The number of carboxylic acid groups (broad SMARTS) is 1. The maximum atomic E-state index is 10.2. The lowest BCUT2D eigenvalue weighted by atomic mass is 10.0. The van der Waals surface area contributed by atoms with Crippen molar-refractivity contribution >= 4 is 5.97 Å². The summed E-state index contributed by atoms with van der Waals surface area (Å²) in [4.78, 5) is 10.2. The molecule has 26 heavy (non-hydrogen) atoms. The zero-order valence-corrected chi connectivity index (χ0v) is 16.1. The fourth-order valence-corrected chi connectivity index (χ4v) is 2.54. The van der Waals surface area contributed by atoms with Crippen LogP contribution in [0.2, 0.25) is 0 Å². The van der Waals surface area contributed by atoms with Gasteiger partial charge in [0.2, 0.25) is 0 Å². The number of rotatable bonds is 16. The van der Waals surface area contributed by atoms with Gasteiger partial charge in [0, 0.05) is 6.08 Å². The van der Waals surface area contributed by atoms with Crippen LogP contribution in [0.3, 0.4) is 0 Å². The van der Waals surface area contributed by atoms with Gasteiger partial charge in [-0.15, -0.1) is 0 Å². The summed E-state index contributed by atoms with van der Waals surface area (Å²) in [6, 6.07) is 0. The molecule has 3 N–H and O–H groups in total. The molecule has 0 saturated carbocycles. The molecule has 0 rings (SSSR count). The number of hydrogen-bond donors (Lipinski definition) is 3. The summed E-state index contributed by atoms with van der Waals surface area (Å²) < 4.78 is 0. The van der Waals surface area contributed by atoms with Crippen molar-refractivity contribution in [1.82, 2.24) is 0 Å². The van der Waals surface area contributed by atoms with Crippen molar-refractivity contribution in [2.24, 2.45) is 0 Å². The van der Waals surface area contributed by atoms with E-state index in [0.29, 0.717) is 0 Å². The third kappa shape index (κ3) is 18.7. The van der Waals surface area contributed by atoms with Gasteiger partial charge in [0.15, 0.2) is 0 Å². The lowest BCUT2D eigenvalue weighted by Crippen LogP contribution is -2.06. The lowest BCUT2D eigenvalue weighted by molar-refractivity contribution is -0.131. The smallest absolute Gasteiger partial charge is 0.328 e. The number of allylic oxidation sites excluding steroid dienone is 6. The Morgan fingerprint density at radius 3 is 1.92 bits per heavy atom. The Kier molecular flexibility index (Phi) is 17.0. The normalized spacial score (nSPS) is 14.9. The van der Waals surface area contributed by atoms with Crippen LogP contribution in [-0.4, -0.2) is 33.5 Å². The van der Waals surface area contributed by atoms with Crippen LogP contribution in [0.5, 0.6) is 0 Å². The van der Waals surface area contributed by atoms with Gasteiger partial charge in [0.25, 0.3) is 0 Å². The standard InChI is InChI=1S/C22H36O4/c1-2-3-10-15-20(23)17-12-8-9-13-18-21(24)16-11-6-4-5-7-14-19-22(25)26/h4-7,11,14,16,19-21,23-24H,2-3,8-10,12-13,15,17-18H2,1H3,(H,25,26). The van der Waals surface area contributed by atoms with Crippen LogP contribution in [0.25, 0.3) is 0 Å². The number of aliphatic carboxylic acids is 1. The highest BCUT2D eigenvalue weighted by Crippen LogP contribution is 2.13. The fourth-order valence-electron chi connectivity index (χ4n) is 2.54. The zero-order valence-electron chi connectivity index (χ0n) is 16.1. The van der Waals surface area contributed by atoms with Gasteiger partial charge in [-0.2, -0.15) is 0 Å². The van der Waals surface area contributed by atoms with E-state index in [0.717, 1.165) is 57.4 Å². The molecule has 2 atom stereocenters. The lowest BCUT2D eigenvalue weighted by Gasteiger charge is -2.10. The maximum Gasteiger partial charge on any atom is 0.328 e. The topological polar surface area (TPSA) is 77.8 Å². The summed E-state index contributed by atoms with van der Waals surface area (Å²) in [6.07, 6.45) is 22.8. The molecule has 0 saturated heterocycles. The molecule has 0 aliphatic heterocycles. The highest BCUT2D eigenvalue weighted by atomic mass is 16.4. The highest BCUT2D eigenvalue weighted by molar-refractivity contribution is 5.80. The van der Waals surface area contributed by atoms with Crippen molar-refractivity contribution in [1.29, 1.82) is 0 Å². The third-order valence-electron chi connectivity index (χ3n) is 4.06. The summed E-state index contributed by atoms with van der Waals surface area (Å²) in [5.41, 5.74) is 0. The minimum absolute atomic E-state index is 0.143. The van der Waals surface area contributed by atoms with E-state index in [4.69, 9.17) is 5.11 Å². The van der Waals surface area contributed by atoms with Crippen molar-refractivity contribution in [2.45, 2.75) is 83.3 Å². The summed E-state index contributed by atoms with van der Waals surface area (Å²) in [7, 11) is 0. The van der Waals surface area contributed by atoms with Crippen molar-refractivity contribution in [3.8, 4) is 0 Å². The average Bonchev–Trinajstić information content (AvgIpc) is 2.60. The van der Waals surface area contributed by atoms with E-state index >= 15 is 0 Å². The first-order valence-electron chi connectivity index (χ1n) is 9.83. The molecule has 0 bridgehead atoms. The monoisotopic (exact) mass is 364 g/mol. The second-order valence-corrected chi connectivity index (χ2v) is 6.56. The van der Waals surface area contributed by atoms with Crippen molar-refractivity contribution in [3.05, 3.63) is 48.6 Å². The van der Waals surface area contributed by atoms with Crippen LogP contribution in [0.4, 0.5) is 0 Å². The molecule has 0 aromatic heterocycles. The summed E-state index contributed by atoms with van der Waals surface area (Å²) in [5.74, 6) is -0.968. The fraction of sp³-hybridized carbons (Fsp3) is 0.591. The average molecular weight is 365 g/mol. The Hall–Kier alpha value is -1.65. The minimum Gasteiger partial charge on any atom is -0.478 e. The summed E-state index contributed by atoms with van der Waals surface area (Å²) >= 11 is 0. The molecule has 148 valence electrons. The van der Waals surface area contributed by atoms with Crippen LogP contribution in [0.15, 0.2) is 48.6 Å². The third-order valence-corrected chi connectivity index (χ3v) is 4.06. The molecule has 0 spiro atoms.